The second-order valence-corrected chi connectivity index (χ2v) is 4.66. The number of hydrogen-bond acceptors (Lipinski definition) is 5. The number of nitrogens with zero attached hydrogens (tertiary/aromatic N) is 3. The second-order valence-electron chi connectivity index (χ2n) is 4.66. The van der Waals surface area contributed by atoms with E-state index < -0.39 is 0 Å². The summed E-state index contributed by atoms with van der Waals surface area (Å²) in [6.07, 6.45) is 6.57. The van der Waals surface area contributed by atoms with Crippen molar-refractivity contribution in [2.24, 2.45) is 0 Å². The number of piperazine rings is 1. The Kier molecular flexibility index (Phi) is 5.35. The minimum Gasteiger partial charge on any atom is -0.465 e. The lowest BCUT2D eigenvalue weighted by atomic mass is 10.2. The van der Waals surface area contributed by atoms with E-state index in [0.717, 1.165) is 32.6 Å². The number of aryl methyl sites for hydroxylation is 1. The van der Waals surface area contributed by atoms with E-state index in [1.54, 1.807) is 6.20 Å². The lowest BCUT2D eigenvalue weighted by molar-refractivity contribution is -0.150. The summed E-state index contributed by atoms with van der Waals surface area (Å²) in [5.41, 5.74) is 0. The van der Waals surface area contributed by atoms with Gasteiger partial charge in [-0.25, -0.2) is 4.98 Å². The van der Waals surface area contributed by atoms with Crippen molar-refractivity contribution in [1.29, 1.82) is 0 Å². The number of hydrogen-bond donors (Lipinski definition) is 1. The Morgan fingerprint density at radius 3 is 3.16 bits per heavy atom. The van der Waals surface area contributed by atoms with Crippen molar-refractivity contribution in [3.05, 3.63) is 18.7 Å². The average Bonchev–Trinajstić information content (AvgIpc) is 2.93. The van der Waals surface area contributed by atoms with Gasteiger partial charge >= 0.3 is 5.97 Å². The third kappa shape index (κ3) is 4.04. The maximum Gasteiger partial charge on any atom is 0.324 e. The Bertz CT molecular complexity index is 380. The first-order valence-electron chi connectivity index (χ1n) is 6.88. The molecule has 106 valence electrons. The maximum absolute atomic E-state index is 11.9. The SMILES string of the molecule is CCOC(=O)C1CNCCN1CCCn1ccnc1. The first-order chi connectivity index (χ1) is 9.31. The fraction of sp³-hybridized carbons (Fsp3) is 0.692. The monoisotopic (exact) mass is 266 g/mol. The molecule has 19 heavy (non-hydrogen) atoms. The van der Waals surface area contributed by atoms with Gasteiger partial charge in [-0.2, -0.15) is 0 Å². The highest BCUT2D eigenvalue weighted by molar-refractivity contribution is 5.76. The van der Waals surface area contributed by atoms with E-state index in [9.17, 15) is 4.79 Å². The zero-order valence-corrected chi connectivity index (χ0v) is 11.4. The highest BCUT2D eigenvalue weighted by atomic mass is 16.5. The van der Waals surface area contributed by atoms with E-state index in [4.69, 9.17) is 4.74 Å². The molecule has 0 bridgehead atoms. The van der Waals surface area contributed by atoms with Crippen molar-refractivity contribution in [2.45, 2.75) is 25.9 Å². The van der Waals surface area contributed by atoms with Crippen LogP contribution in [0.2, 0.25) is 0 Å². The lowest BCUT2D eigenvalue weighted by Gasteiger charge is -2.34. The van der Waals surface area contributed by atoms with Crippen molar-refractivity contribution in [3.63, 3.8) is 0 Å². The summed E-state index contributed by atoms with van der Waals surface area (Å²) < 4.78 is 7.19. The normalized spacial score (nSPS) is 20.4. The molecule has 1 fully saturated rings. The van der Waals surface area contributed by atoms with Gasteiger partial charge in [0.2, 0.25) is 0 Å². The molecule has 1 aliphatic heterocycles. The Morgan fingerprint density at radius 1 is 1.53 bits per heavy atom. The zero-order chi connectivity index (χ0) is 13.5. The van der Waals surface area contributed by atoms with Crippen molar-refractivity contribution in [1.82, 2.24) is 19.8 Å². The van der Waals surface area contributed by atoms with Crippen molar-refractivity contribution < 1.29 is 9.53 Å². The molecule has 1 aromatic rings. The molecule has 0 amide bonds. The molecule has 1 aromatic heterocycles. The number of ether oxygens (including phenoxy) is 1. The molecule has 1 aliphatic rings. The molecule has 0 spiro atoms. The third-order valence-corrected chi connectivity index (χ3v) is 3.33. The van der Waals surface area contributed by atoms with Crippen LogP contribution in [-0.4, -0.2) is 59.2 Å². The van der Waals surface area contributed by atoms with E-state index >= 15 is 0 Å². The van der Waals surface area contributed by atoms with Crippen molar-refractivity contribution >= 4 is 5.97 Å². The van der Waals surface area contributed by atoms with Crippen LogP contribution >= 0.6 is 0 Å². The molecule has 0 aromatic carbocycles. The number of nitrogens with one attached hydrogen (secondary N) is 1. The van der Waals surface area contributed by atoms with Crippen LogP contribution in [0.25, 0.3) is 0 Å². The number of esters is 1. The van der Waals surface area contributed by atoms with Gasteiger partial charge in [0, 0.05) is 45.1 Å². The quantitative estimate of drug-likeness (QED) is 0.741. The summed E-state index contributed by atoms with van der Waals surface area (Å²) in [6.45, 7) is 6.64. The van der Waals surface area contributed by atoms with Crippen LogP contribution in [0.15, 0.2) is 18.7 Å². The molecule has 0 radical (unpaired) electrons. The van der Waals surface area contributed by atoms with Gasteiger partial charge in [0.25, 0.3) is 0 Å². The zero-order valence-electron chi connectivity index (χ0n) is 11.4. The number of carbonyl (C=O) groups excluding carboxylic acids is 1. The minimum absolute atomic E-state index is 0.114. The highest BCUT2D eigenvalue weighted by Crippen LogP contribution is 2.07. The fourth-order valence-corrected chi connectivity index (χ4v) is 2.36. The van der Waals surface area contributed by atoms with Gasteiger partial charge in [-0.1, -0.05) is 0 Å². The fourth-order valence-electron chi connectivity index (χ4n) is 2.36. The predicted molar refractivity (Wildman–Crippen MR) is 71.7 cm³/mol. The minimum atomic E-state index is -0.142. The van der Waals surface area contributed by atoms with Crippen LogP contribution in [0.4, 0.5) is 0 Å². The van der Waals surface area contributed by atoms with E-state index in [1.807, 2.05) is 19.4 Å². The molecule has 0 aliphatic carbocycles. The van der Waals surface area contributed by atoms with Gasteiger partial charge in [0.15, 0.2) is 0 Å². The average molecular weight is 266 g/mol. The molecule has 1 saturated heterocycles. The smallest absolute Gasteiger partial charge is 0.324 e. The van der Waals surface area contributed by atoms with E-state index in [-0.39, 0.29) is 12.0 Å². The van der Waals surface area contributed by atoms with Gasteiger partial charge in [-0.05, 0) is 13.3 Å². The van der Waals surface area contributed by atoms with Crippen molar-refractivity contribution in [3.8, 4) is 0 Å². The summed E-state index contributed by atoms with van der Waals surface area (Å²) in [6, 6.07) is -0.142. The molecule has 2 heterocycles. The van der Waals surface area contributed by atoms with Crippen LogP contribution in [-0.2, 0) is 16.1 Å². The van der Waals surface area contributed by atoms with Crippen LogP contribution in [0, 0.1) is 0 Å². The third-order valence-electron chi connectivity index (χ3n) is 3.33. The number of carbonyl (C=O) groups is 1. The van der Waals surface area contributed by atoms with E-state index in [1.165, 1.54) is 0 Å². The largest absolute Gasteiger partial charge is 0.465 e. The van der Waals surface area contributed by atoms with Gasteiger partial charge in [0.1, 0.15) is 6.04 Å². The van der Waals surface area contributed by atoms with Gasteiger partial charge in [-0.3, -0.25) is 9.69 Å². The molecule has 1 atom stereocenters. The summed E-state index contributed by atoms with van der Waals surface area (Å²) in [4.78, 5) is 18.1. The summed E-state index contributed by atoms with van der Waals surface area (Å²) >= 11 is 0. The number of imidazole rings is 1. The summed E-state index contributed by atoms with van der Waals surface area (Å²) in [7, 11) is 0. The Hall–Kier alpha value is -1.40. The molecule has 6 heteroatoms. The second kappa shape index (κ2) is 7.25. The van der Waals surface area contributed by atoms with E-state index in [0.29, 0.717) is 13.2 Å². The molecule has 6 nitrogen and oxygen atoms in total. The number of rotatable bonds is 6. The topological polar surface area (TPSA) is 59.4 Å². The first kappa shape index (κ1) is 14.0. The molecule has 2 rings (SSSR count). The van der Waals surface area contributed by atoms with Crippen LogP contribution < -0.4 is 5.32 Å². The molecular formula is C13H22N4O2. The number of aromatic nitrogens is 2. The Morgan fingerprint density at radius 2 is 2.42 bits per heavy atom. The summed E-state index contributed by atoms with van der Waals surface area (Å²) in [5.74, 6) is -0.114. The maximum atomic E-state index is 11.9. The van der Waals surface area contributed by atoms with Crippen LogP contribution in [0.3, 0.4) is 0 Å². The van der Waals surface area contributed by atoms with Crippen LogP contribution in [0.1, 0.15) is 13.3 Å². The summed E-state index contributed by atoms with van der Waals surface area (Å²) in [5, 5.41) is 3.25. The van der Waals surface area contributed by atoms with Gasteiger partial charge < -0.3 is 14.6 Å². The van der Waals surface area contributed by atoms with Crippen molar-refractivity contribution in [2.75, 3.05) is 32.8 Å². The standard InChI is InChI=1S/C13H22N4O2/c1-2-19-13(18)12-10-14-5-9-17(12)7-3-6-16-8-4-15-11-16/h4,8,11-12,14H,2-3,5-7,9-10H2,1H3. The Balaban J connectivity index is 1.80. The predicted octanol–water partition coefficient (Wildman–Crippen LogP) is 0.110. The molecule has 1 unspecified atom stereocenters. The van der Waals surface area contributed by atoms with Gasteiger partial charge in [-0.15, -0.1) is 0 Å². The first-order valence-corrected chi connectivity index (χ1v) is 6.88. The molecule has 0 saturated carbocycles. The molecular weight excluding hydrogens is 244 g/mol. The highest BCUT2D eigenvalue weighted by Gasteiger charge is 2.29. The van der Waals surface area contributed by atoms with E-state index in [2.05, 4.69) is 19.8 Å². The van der Waals surface area contributed by atoms with Crippen LogP contribution in [0.5, 0.6) is 0 Å². The Labute approximate surface area is 113 Å². The van der Waals surface area contributed by atoms with Gasteiger partial charge in [0.05, 0.1) is 12.9 Å². The molecule has 1 N–H and O–H groups in total. The lowest BCUT2D eigenvalue weighted by Crippen LogP contribution is -2.55.